The van der Waals surface area contributed by atoms with Crippen LogP contribution in [0.5, 0.6) is 0 Å². The summed E-state index contributed by atoms with van der Waals surface area (Å²) in [6.07, 6.45) is 1.90. The third-order valence-electron chi connectivity index (χ3n) is 2.34. The summed E-state index contributed by atoms with van der Waals surface area (Å²) in [5, 5.41) is 10.1. The van der Waals surface area contributed by atoms with Gasteiger partial charge in [-0.3, -0.25) is 0 Å². The maximum atomic E-state index is 11.9. The lowest BCUT2D eigenvalue weighted by Crippen LogP contribution is -2.35. The number of hydrogen-bond donors (Lipinski definition) is 2. The number of hydrogen-bond acceptors (Lipinski definition) is 5. The first-order valence-electron chi connectivity index (χ1n) is 5.04. The maximum Gasteiger partial charge on any atom is 0.345 e. The molecule has 8 heteroatoms. The standard InChI is InChI=1S/C10H15NO4S3/c1-10(2,16-3)6-11-18(14,15)7-4-8(9(12)13)17-5-7/h4-5,11H,6H2,1-3H3,(H,12,13). The molecule has 0 aliphatic rings. The second-order valence-electron chi connectivity index (χ2n) is 4.24. The van der Waals surface area contributed by atoms with Crippen LogP contribution in [0.25, 0.3) is 0 Å². The molecule has 1 heterocycles. The fraction of sp³-hybridized carbons (Fsp3) is 0.500. The molecule has 0 aliphatic heterocycles. The first kappa shape index (κ1) is 15.5. The van der Waals surface area contributed by atoms with Gasteiger partial charge in [0, 0.05) is 16.7 Å². The van der Waals surface area contributed by atoms with Gasteiger partial charge in [-0.25, -0.2) is 17.9 Å². The van der Waals surface area contributed by atoms with E-state index in [0.717, 1.165) is 11.3 Å². The number of sulfonamides is 1. The molecule has 0 bridgehead atoms. The predicted octanol–water partition coefficient (Wildman–Crippen LogP) is 1.87. The van der Waals surface area contributed by atoms with Crippen LogP contribution >= 0.6 is 23.1 Å². The monoisotopic (exact) mass is 309 g/mol. The Morgan fingerprint density at radius 2 is 2.17 bits per heavy atom. The van der Waals surface area contributed by atoms with Crippen molar-refractivity contribution in [3.05, 3.63) is 16.3 Å². The minimum Gasteiger partial charge on any atom is -0.477 e. The second-order valence-corrected chi connectivity index (χ2v) is 8.43. The lowest BCUT2D eigenvalue weighted by molar-refractivity contribution is 0.0702. The van der Waals surface area contributed by atoms with Crippen LogP contribution in [0.2, 0.25) is 0 Å². The summed E-state index contributed by atoms with van der Waals surface area (Å²) in [7, 11) is -3.63. The normalized spacial score (nSPS) is 12.6. The van der Waals surface area contributed by atoms with Crippen LogP contribution in [-0.2, 0) is 10.0 Å². The molecular formula is C10H15NO4S3. The second kappa shape index (κ2) is 5.60. The van der Waals surface area contributed by atoms with Gasteiger partial charge in [0.05, 0.1) is 4.90 Å². The van der Waals surface area contributed by atoms with Crippen molar-refractivity contribution in [2.24, 2.45) is 0 Å². The first-order valence-corrected chi connectivity index (χ1v) is 8.63. The van der Waals surface area contributed by atoms with Gasteiger partial charge in [0.15, 0.2) is 0 Å². The van der Waals surface area contributed by atoms with Crippen LogP contribution < -0.4 is 4.72 Å². The highest BCUT2D eigenvalue weighted by molar-refractivity contribution is 8.00. The van der Waals surface area contributed by atoms with Gasteiger partial charge in [-0.05, 0) is 26.2 Å². The van der Waals surface area contributed by atoms with Crippen molar-refractivity contribution < 1.29 is 18.3 Å². The molecular weight excluding hydrogens is 294 g/mol. The lowest BCUT2D eigenvalue weighted by atomic mass is 10.2. The van der Waals surface area contributed by atoms with Gasteiger partial charge in [-0.2, -0.15) is 11.8 Å². The third kappa shape index (κ3) is 3.98. The highest BCUT2D eigenvalue weighted by Crippen LogP contribution is 2.22. The van der Waals surface area contributed by atoms with Crippen LogP contribution in [0.4, 0.5) is 0 Å². The molecule has 0 fully saturated rings. The molecule has 0 saturated heterocycles. The number of thioether (sulfide) groups is 1. The Kier molecular flexibility index (Phi) is 4.82. The Hall–Kier alpha value is -0.570. The molecule has 1 rings (SSSR count). The number of thiophene rings is 1. The Labute approximate surface area is 115 Å². The number of rotatable bonds is 6. The molecule has 0 radical (unpaired) electrons. The number of nitrogens with one attached hydrogen (secondary N) is 1. The number of aromatic carboxylic acids is 1. The molecule has 1 aromatic rings. The average molecular weight is 309 g/mol. The fourth-order valence-electron chi connectivity index (χ4n) is 0.996. The van der Waals surface area contributed by atoms with Crippen LogP contribution in [0.15, 0.2) is 16.3 Å². The SMILES string of the molecule is CSC(C)(C)CNS(=O)(=O)c1csc(C(=O)O)c1. The number of carboxylic acids is 1. The van der Waals surface area contributed by atoms with Gasteiger partial charge in [-0.1, -0.05) is 0 Å². The minimum absolute atomic E-state index is 0.00167. The van der Waals surface area contributed by atoms with E-state index in [1.807, 2.05) is 20.1 Å². The molecule has 18 heavy (non-hydrogen) atoms. The third-order valence-corrected chi connectivity index (χ3v) is 6.03. The molecule has 0 saturated carbocycles. The highest BCUT2D eigenvalue weighted by atomic mass is 32.2. The van der Waals surface area contributed by atoms with E-state index >= 15 is 0 Å². The quantitative estimate of drug-likeness (QED) is 0.838. The Morgan fingerprint density at radius 3 is 2.61 bits per heavy atom. The van der Waals surface area contributed by atoms with Crippen molar-refractivity contribution in [1.29, 1.82) is 0 Å². The van der Waals surface area contributed by atoms with E-state index in [0.29, 0.717) is 0 Å². The van der Waals surface area contributed by atoms with E-state index in [1.54, 1.807) is 11.8 Å². The van der Waals surface area contributed by atoms with E-state index in [1.165, 1.54) is 11.4 Å². The van der Waals surface area contributed by atoms with Gasteiger partial charge < -0.3 is 5.11 Å². The Balaban J connectivity index is 2.83. The molecule has 102 valence electrons. The predicted molar refractivity (Wildman–Crippen MR) is 74.1 cm³/mol. The highest BCUT2D eigenvalue weighted by Gasteiger charge is 2.23. The molecule has 2 N–H and O–H groups in total. The van der Waals surface area contributed by atoms with Gasteiger partial charge in [0.1, 0.15) is 4.88 Å². The summed E-state index contributed by atoms with van der Waals surface area (Å²) in [6.45, 7) is 4.14. The zero-order valence-electron chi connectivity index (χ0n) is 10.3. The zero-order valence-corrected chi connectivity index (χ0v) is 12.7. The maximum absolute atomic E-state index is 11.9. The Bertz CT molecular complexity index is 533. The first-order chi connectivity index (χ1) is 8.18. The summed E-state index contributed by atoms with van der Waals surface area (Å²) >= 11 is 2.45. The fourth-order valence-corrected chi connectivity index (χ4v) is 3.63. The molecule has 0 aromatic carbocycles. The Morgan fingerprint density at radius 1 is 1.56 bits per heavy atom. The average Bonchev–Trinajstić information content (AvgIpc) is 2.77. The molecule has 0 atom stereocenters. The zero-order chi connectivity index (χ0) is 14.0. The van der Waals surface area contributed by atoms with Crippen molar-refractivity contribution >= 4 is 39.1 Å². The lowest BCUT2D eigenvalue weighted by Gasteiger charge is -2.21. The molecule has 0 amide bonds. The van der Waals surface area contributed by atoms with Crippen LogP contribution in [0, 0.1) is 0 Å². The van der Waals surface area contributed by atoms with E-state index in [9.17, 15) is 13.2 Å². The molecule has 5 nitrogen and oxygen atoms in total. The van der Waals surface area contributed by atoms with Gasteiger partial charge >= 0.3 is 5.97 Å². The topological polar surface area (TPSA) is 83.5 Å². The minimum atomic E-state index is -3.63. The molecule has 1 aromatic heterocycles. The van der Waals surface area contributed by atoms with Crippen LogP contribution in [-0.4, -0.2) is 37.0 Å². The van der Waals surface area contributed by atoms with Gasteiger partial charge in [0.2, 0.25) is 10.0 Å². The van der Waals surface area contributed by atoms with Crippen molar-refractivity contribution in [3.63, 3.8) is 0 Å². The number of carboxylic acid groups (broad SMARTS) is 1. The molecule has 0 aliphatic carbocycles. The molecule has 0 unspecified atom stereocenters. The van der Waals surface area contributed by atoms with Gasteiger partial charge in [-0.15, -0.1) is 11.3 Å². The summed E-state index contributed by atoms with van der Waals surface area (Å²) in [6, 6.07) is 1.17. The van der Waals surface area contributed by atoms with Crippen LogP contribution in [0.3, 0.4) is 0 Å². The van der Waals surface area contributed by atoms with Crippen molar-refractivity contribution in [2.45, 2.75) is 23.5 Å². The van der Waals surface area contributed by atoms with Crippen molar-refractivity contribution in [3.8, 4) is 0 Å². The van der Waals surface area contributed by atoms with E-state index in [4.69, 9.17) is 5.11 Å². The van der Waals surface area contributed by atoms with Crippen molar-refractivity contribution in [1.82, 2.24) is 4.72 Å². The van der Waals surface area contributed by atoms with Crippen molar-refractivity contribution in [2.75, 3.05) is 12.8 Å². The smallest absolute Gasteiger partial charge is 0.345 e. The summed E-state index contributed by atoms with van der Waals surface area (Å²) in [4.78, 5) is 10.7. The van der Waals surface area contributed by atoms with E-state index in [2.05, 4.69) is 4.72 Å². The number of carbonyl (C=O) groups is 1. The van der Waals surface area contributed by atoms with Gasteiger partial charge in [0.25, 0.3) is 0 Å². The molecule has 0 spiro atoms. The van der Waals surface area contributed by atoms with E-state index < -0.39 is 16.0 Å². The summed E-state index contributed by atoms with van der Waals surface area (Å²) in [5.41, 5.74) is 0. The van der Waals surface area contributed by atoms with E-state index in [-0.39, 0.29) is 21.1 Å². The summed E-state index contributed by atoms with van der Waals surface area (Å²) < 4.78 is 26.1. The summed E-state index contributed by atoms with van der Waals surface area (Å²) in [5.74, 6) is -1.12. The largest absolute Gasteiger partial charge is 0.477 e. The van der Waals surface area contributed by atoms with Crippen LogP contribution in [0.1, 0.15) is 23.5 Å².